The Hall–Kier alpha value is -1.94. The van der Waals surface area contributed by atoms with Gasteiger partial charge in [-0.05, 0) is 44.0 Å². The van der Waals surface area contributed by atoms with Gasteiger partial charge in [-0.3, -0.25) is 4.21 Å². The molecule has 0 aliphatic heterocycles. The van der Waals surface area contributed by atoms with Gasteiger partial charge in [0.25, 0.3) is 0 Å². The molecular formula is C17H18O3S. The third-order valence-electron chi connectivity index (χ3n) is 3.28. The Morgan fingerprint density at radius 1 is 1.05 bits per heavy atom. The minimum atomic E-state index is -1.25. The van der Waals surface area contributed by atoms with E-state index in [2.05, 4.69) is 6.07 Å². The highest BCUT2D eigenvalue weighted by Gasteiger charge is 2.12. The molecule has 0 aliphatic rings. The monoisotopic (exact) mass is 302 g/mol. The van der Waals surface area contributed by atoms with Crippen LogP contribution >= 0.6 is 0 Å². The number of benzene rings is 2. The van der Waals surface area contributed by atoms with E-state index in [1.54, 1.807) is 19.1 Å². The van der Waals surface area contributed by atoms with Crippen LogP contribution in [-0.2, 0) is 16.6 Å². The summed E-state index contributed by atoms with van der Waals surface area (Å²) in [6.07, 6.45) is 0. The summed E-state index contributed by atoms with van der Waals surface area (Å²) >= 11 is 0. The summed E-state index contributed by atoms with van der Waals surface area (Å²) in [5.74, 6) is -0.595. The predicted molar refractivity (Wildman–Crippen MR) is 84.2 cm³/mol. The van der Waals surface area contributed by atoms with Crippen molar-refractivity contribution in [1.82, 2.24) is 0 Å². The van der Waals surface area contributed by atoms with Crippen LogP contribution in [-0.4, -0.2) is 15.3 Å². The van der Waals surface area contributed by atoms with E-state index in [1.807, 2.05) is 26.0 Å². The summed E-state index contributed by atoms with van der Waals surface area (Å²) in [7, 11) is -1.25. The summed E-state index contributed by atoms with van der Waals surface area (Å²) in [5.41, 5.74) is 4.16. The van der Waals surface area contributed by atoms with Gasteiger partial charge in [0.1, 0.15) is 0 Å². The molecule has 0 saturated heterocycles. The Bertz CT molecular complexity index is 700. The smallest absolute Gasteiger partial charge is 0.335 e. The highest BCUT2D eigenvalue weighted by atomic mass is 32.2. The number of hydrogen-bond acceptors (Lipinski definition) is 2. The molecular weight excluding hydrogens is 284 g/mol. The van der Waals surface area contributed by atoms with E-state index in [1.165, 1.54) is 6.07 Å². The first kappa shape index (κ1) is 15.4. The molecule has 0 aliphatic carbocycles. The summed E-state index contributed by atoms with van der Waals surface area (Å²) in [4.78, 5) is 11.7. The molecule has 21 heavy (non-hydrogen) atoms. The van der Waals surface area contributed by atoms with Gasteiger partial charge < -0.3 is 5.11 Å². The van der Waals surface area contributed by atoms with Gasteiger partial charge in [0.05, 0.1) is 22.1 Å². The topological polar surface area (TPSA) is 54.4 Å². The molecule has 0 saturated carbocycles. The maximum absolute atomic E-state index is 12.4. The van der Waals surface area contributed by atoms with Gasteiger partial charge in [-0.25, -0.2) is 4.79 Å². The Morgan fingerprint density at radius 3 is 2.24 bits per heavy atom. The van der Waals surface area contributed by atoms with Crippen molar-refractivity contribution >= 4 is 16.8 Å². The van der Waals surface area contributed by atoms with Crippen LogP contribution in [0.3, 0.4) is 0 Å². The number of aromatic carboxylic acids is 1. The second-order valence-electron chi connectivity index (χ2n) is 5.27. The first-order valence-electron chi connectivity index (χ1n) is 6.66. The Balaban J connectivity index is 2.28. The normalized spacial score (nSPS) is 12.1. The molecule has 0 bridgehead atoms. The molecule has 110 valence electrons. The molecule has 1 unspecified atom stereocenters. The van der Waals surface area contributed by atoms with E-state index >= 15 is 0 Å². The molecule has 0 heterocycles. The van der Waals surface area contributed by atoms with Gasteiger partial charge in [0.2, 0.25) is 0 Å². The third-order valence-corrected chi connectivity index (χ3v) is 4.66. The highest BCUT2D eigenvalue weighted by molar-refractivity contribution is 7.84. The standard InChI is InChI=1S/C17H18O3S/c1-11-6-12(2)8-14(7-11)10-21(20)15-5-4-13(3)16(9-15)17(18)19/h4-9H,10H2,1-3H3,(H,18,19). The van der Waals surface area contributed by atoms with E-state index in [0.717, 1.165) is 16.7 Å². The minimum Gasteiger partial charge on any atom is -0.478 e. The number of aryl methyl sites for hydroxylation is 3. The van der Waals surface area contributed by atoms with Crippen molar-refractivity contribution < 1.29 is 14.1 Å². The van der Waals surface area contributed by atoms with Gasteiger partial charge in [-0.2, -0.15) is 0 Å². The van der Waals surface area contributed by atoms with Crippen LogP contribution in [0.4, 0.5) is 0 Å². The van der Waals surface area contributed by atoms with Crippen LogP contribution in [0.1, 0.15) is 32.6 Å². The SMILES string of the molecule is Cc1cc(C)cc(CS(=O)c2ccc(C)c(C(=O)O)c2)c1. The number of carbonyl (C=O) groups is 1. The molecule has 0 radical (unpaired) electrons. The van der Waals surface area contributed by atoms with Gasteiger partial charge >= 0.3 is 5.97 Å². The van der Waals surface area contributed by atoms with Crippen molar-refractivity contribution in [3.63, 3.8) is 0 Å². The lowest BCUT2D eigenvalue weighted by Gasteiger charge is -2.07. The van der Waals surface area contributed by atoms with Crippen LogP contribution in [0.15, 0.2) is 41.3 Å². The average molecular weight is 302 g/mol. The first-order valence-corrected chi connectivity index (χ1v) is 7.98. The molecule has 1 atom stereocenters. The molecule has 4 heteroatoms. The number of carboxylic acid groups (broad SMARTS) is 1. The maximum Gasteiger partial charge on any atom is 0.335 e. The molecule has 0 aromatic heterocycles. The Labute approximate surface area is 127 Å². The molecule has 0 fully saturated rings. The van der Waals surface area contributed by atoms with E-state index in [9.17, 15) is 9.00 Å². The molecule has 2 rings (SSSR count). The Kier molecular flexibility index (Phi) is 4.58. The molecule has 0 spiro atoms. The summed E-state index contributed by atoms with van der Waals surface area (Å²) in [5, 5.41) is 9.14. The fourth-order valence-corrected chi connectivity index (χ4v) is 3.47. The molecule has 2 aromatic rings. The number of hydrogen-bond donors (Lipinski definition) is 1. The molecule has 0 amide bonds. The van der Waals surface area contributed by atoms with Crippen LogP contribution in [0.5, 0.6) is 0 Å². The van der Waals surface area contributed by atoms with E-state index in [0.29, 0.717) is 16.2 Å². The molecule has 2 aromatic carbocycles. The van der Waals surface area contributed by atoms with Crippen molar-refractivity contribution in [1.29, 1.82) is 0 Å². The van der Waals surface area contributed by atoms with Crippen LogP contribution in [0, 0.1) is 20.8 Å². The molecule has 3 nitrogen and oxygen atoms in total. The van der Waals surface area contributed by atoms with Crippen LogP contribution in [0.25, 0.3) is 0 Å². The van der Waals surface area contributed by atoms with Gasteiger partial charge in [-0.15, -0.1) is 0 Å². The predicted octanol–water partition coefficient (Wildman–Crippen LogP) is 3.62. The quantitative estimate of drug-likeness (QED) is 0.938. The zero-order valence-corrected chi connectivity index (χ0v) is 13.2. The second-order valence-corrected chi connectivity index (χ2v) is 6.72. The summed E-state index contributed by atoms with van der Waals surface area (Å²) < 4.78 is 12.4. The second kappa shape index (κ2) is 6.22. The summed E-state index contributed by atoms with van der Waals surface area (Å²) in [6.45, 7) is 5.75. The van der Waals surface area contributed by atoms with Gasteiger partial charge in [0.15, 0.2) is 0 Å². The lowest BCUT2D eigenvalue weighted by molar-refractivity contribution is 0.0696. The van der Waals surface area contributed by atoms with E-state index in [-0.39, 0.29) is 5.56 Å². The lowest BCUT2D eigenvalue weighted by atomic mass is 10.1. The third kappa shape index (κ3) is 3.79. The zero-order chi connectivity index (χ0) is 15.6. The van der Waals surface area contributed by atoms with Gasteiger partial charge in [-0.1, -0.05) is 35.4 Å². The van der Waals surface area contributed by atoms with Crippen molar-refractivity contribution in [2.24, 2.45) is 0 Å². The van der Waals surface area contributed by atoms with Crippen LogP contribution < -0.4 is 0 Å². The van der Waals surface area contributed by atoms with Crippen molar-refractivity contribution in [3.8, 4) is 0 Å². The van der Waals surface area contributed by atoms with Crippen LogP contribution in [0.2, 0.25) is 0 Å². The number of carboxylic acids is 1. The van der Waals surface area contributed by atoms with E-state index < -0.39 is 16.8 Å². The highest BCUT2D eigenvalue weighted by Crippen LogP contribution is 2.18. The minimum absolute atomic E-state index is 0.210. The largest absolute Gasteiger partial charge is 0.478 e. The lowest BCUT2D eigenvalue weighted by Crippen LogP contribution is -2.03. The fraction of sp³-hybridized carbons (Fsp3) is 0.235. The van der Waals surface area contributed by atoms with Crippen molar-refractivity contribution in [3.05, 3.63) is 64.2 Å². The van der Waals surface area contributed by atoms with Crippen molar-refractivity contribution in [2.45, 2.75) is 31.4 Å². The fourth-order valence-electron chi connectivity index (χ4n) is 2.36. The Morgan fingerprint density at radius 2 is 1.67 bits per heavy atom. The summed E-state index contributed by atoms with van der Waals surface area (Å²) in [6, 6.07) is 11.0. The van der Waals surface area contributed by atoms with Gasteiger partial charge in [0, 0.05) is 4.90 Å². The molecule has 1 N–H and O–H groups in total. The maximum atomic E-state index is 12.4. The van der Waals surface area contributed by atoms with E-state index in [4.69, 9.17) is 5.11 Å². The zero-order valence-electron chi connectivity index (χ0n) is 12.3. The average Bonchev–Trinajstić information content (AvgIpc) is 2.37. The number of rotatable bonds is 4. The van der Waals surface area contributed by atoms with Crippen molar-refractivity contribution in [2.75, 3.05) is 0 Å². The first-order chi connectivity index (χ1) is 9.86.